The second-order valence-corrected chi connectivity index (χ2v) is 5.05. The highest BCUT2D eigenvalue weighted by molar-refractivity contribution is 8.00. The Morgan fingerprint density at radius 2 is 2.17 bits per heavy atom. The standard InChI is InChI=1S/C12H10FN3OS/c13-9-4-2-1-3-7(9)11-8-5-14-16-12(8)15-10(17)6-18-11/h1-5,11H,6H2,(H2,14,15,16,17)/t11-/m0/s1. The van der Waals surface area contributed by atoms with E-state index in [-0.39, 0.29) is 17.0 Å². The van der Waals surface area contributed by atoms with Gasteiger partial charge in [-0.15, -0.1) is 11.8 Å². The summed E-state index contributed by atoms with van der Waals surface area (Å²) in [5, 5.41) is 9.14. The van der Waals surface area contributed by atoms with Crippen molar-refractivity contribution in [3.63, 3.8) is 0 Å². The van der Waals surface area contributed by atoms with Crippen LogP contribution in [-0.4, -0.2) is 21.9 Å². The molecule has 0 radical (unpaired) electrons. The van der Waals surface area contributed by atoms with Crippen LogP contribution in [0.15, 0.2) is 30.5 Å². The lowest BCUT2D eigenvalue weighted by Crippen LogP contribution is -2.12. The van der Waals surface area contributed by atoms with Crippen molar-refractivity contribution in [1.29, 1.82) is 0 Å². The third kappa shape index (κ3) is 1.88. The summed E-state index contributed by atoms with van der Waals surface area (Å²) in [6.07, 6.45) is 1.63. The number of hydrogen-bond acceptors (Lipinski definition) is 3. The molecule has 0 saturated carbocycles. The summed E-state index contributed by atoms with van der Waals surface area (Å²) < 4.78 is 13.9. The second kappa shape index (κ2) is 4.45. The first-order valence-corrected chi connectivity index (χ1v) is 6.49. The average molecular weight is 263 g/mol. The Morgan fingerprint density at radius 3 is 3.00 bits per heavy atom. The topological polar surface area (TPSA) is 57.8 Å². The van der Waals surface area contributed by atoms with Gasteiger partial charge in [0, 0.05) is 11.1 Å². The molecule has 1 atom stereocenters. The van der Waals surface area contributed by atoms with E-state index < -0.39 is 0 Å². The zero-order chi connectivity index (χ0) is 12.5. The van der Waals surface area contributed by atoms with Gasteiger partial charge >= 0.3 is 0 Å². The largest absolute Gasteiger partial charge is 0.310 e. The fourth-order valence-corrected chi connectivity index (χ4v) is 3.08. The number of H-pyrrole nitrogens is 1. The van der Waals surface area contributed by atoms with Crippen LogP contribution in [-0.2, 0) is 4.79 Å². The molecule has 92 valence electrons. The van der Waals surface area contributed by atoms with Crippen molar-refractivity contribution >= 4 is 23.5 Å². The molecule has 1 aromatic carbocycles. The number of aromatic nitrogens is 2. The Balaban J connectivity index is 2.08. The van der Waals surface area contributed by atoms with Gasteiger partial charge in [0.1, 0.15) is 11.6 Å². The van der Waals surface area contributed by atoms with E-state index in [0.717, 1.165) is 5.56 Å². The van der Waals surface area contributed by atoms with Crippen molar-refractivity contribution in [3.8, 4) is 0 Å². The number of nitrogens with one attached hydrogen (secondary N) is 2. The van der Waals surface area contributed by atoms with E-state index in [4.69, 9.17) is 0 Å². The molecule has 1 amide bonds. The molecule has 4 nitrogen and oxygen atoms in total. The fourth-order valence-electron chi connectivity index (χ4n) is 1.96. The van der Waals surface area contributed by atoms with Gasteiger partial charge in [-0.25, -0.2) is 4.39 Å². The summed E-state index contributed by atoms with van der Waals surface area (Å²) in [7, 11) is 0. The van der Waals surface area contributed by atoms with Gasteiger partial charge in [-0.1, -0.05) is 18.2 Å². The minimum Gasteiger partial charge on any atom is -0.310 e. The summed E-state index contributed by atoms with van der Waals surface area (Å²) in [6, 6.07) is 6.61. The molecular weight excluding hydrogens is 253 g/mol. The molecule has 1 aliphatic heterocycles. The van der Waals surface area contributed by atoms with Crippen LogP contribution in [0.25, 0.3) is 0 Å². The predicted octanol–water partition coefficient (Wildman–Crippen LogP) is 2.32. The number of thioether (sulfide) groups is 1. The third-order valence-electron chi connectivity index (χ3n) is 2.78. The number of fused-ring (bicyclic) bond motifs is 1. The number of rotatable bonds is 1. The maximum atomic E-state index is 13.9. The van der Waals surface area contributed by atoms with Crippen molar-refractivity contribution < 1.29 is 9.18 Å². The minimum atomic E-state index is -0.267. The van der Waals surface area contributed by atoms with Gasteiger partial charge in [0.2, 0.25) is 5.91 Å². The smallest absolute Gasteiger partial charge is 0.235 e. The maximum Gasteiger partial charge on any atom is 0.235 e. The maximum absolute atomic E-state index is 13.9. The van der Waals surface area contributed by atoms with E-state index in [1.54, 1.807) is 24.4 Å². The lowest BCUT2D eigenvalue weighted by atomic mass is 10.1. The summed E-state index contributed by atoms with van der Waals surface area (Å²) in [4.78, 5) is 11.5. The molecule has 6 heteroatoms. The van der Waals surface area contributed by atoms with Gasteiger partial charge in [0.15, 0.2) is 0 Å². The Kier molecular flexibility index (Phi) is 2.79. The van der Waals surface area contributed by atoms with Crippen LogP contribution < -0.4 is 5.32 Å². The molecule has 1 aromatic heterocycles. The second-order valence-electron chi connectivity index (χ2n) is 3.96. The number of hydrogen-bond donors (Lipinski definition) is 2. The van der Waals surface area contributed by atoms with Gasteiger partial charge in [0.25, 0.3) is 0 Å². The Labute approximate surface area is 107 Å². The number of benzene rings is 1. The Hall–Kier alpha value is -1.82. The number of carbonyl (C=O) groups is 1. The predicted molar refractivity (Wildman–Crippen MR) is 67.9 cm³/mol. The van der Waals surface area contributed by atoms with Crippen molar-refractivity contribution in [2.45, 2.75) is 5.25 Å². The molecule has 0 fully saturated rings. The third-order valence-corrected chi connectivity index (χ3v) is 4.05. The van der Waals surface area contributed by atoms with Crippen LogP contribution in [0.4, 0.5) is 10.2 Å². The van der Waals surface area contributed by atoms with Crippen LogP contribution >= 0.6 is 11.8 Å². The number of amides is 1. The first kappa shape index (κ1) is 11.3. The molecule has 2 aromatic rings. The zero-order valence-electron chi connectivity index (χ0n) is 9.31. The monoisotopic (exact) mass is 263 g/mol. The molecule has 18 heavy (non-hydrogen) atoms. The SMILES string of the molecule is O=C1CS[C@@H](c2ccccc2F)c2cn[nH]c2N1. The van der Waals surface area contributed by atoms with Crippen molar-refractivity contribution in [3.05, 3.63) is 47.4 Å². The van der Waals surface area contributed by atoms with Crippen molar-refractivity contribution in [2.24, 2.45) is 0 Å². The fraction of sp³-hybridized carbons (Fsp3) is 0.167. The summed E-state index contributed by atoms with van der Waals surface area (Å²) in [5.74, 6) is 0.473. The van der Waals surface area contributed by atoms with Crippen LogP contribution in [0.3, 0.4) is 0 Å². The highest BCUT2D eigenvalue weighted by Crippen LogP contribution is 2.41. The first-order chi connectivity index (χ1) is 8.75. The lowest BCUT2D eigenvalue weighted by Gasteiger charge is -2.14. The van der Waals surface area contributed by atoms with Gasteiger partial charge in [-0.2, -0.15) is 5.10 Å². The van der Waals surface area contributed by atoms with E-state index in [9.17, 15) is 9.18 Å². The quantitative estimate of drug-likeness (QED) is 0.830. The minimum absolute atomic E-state index is 0.107. The van der Waals surface area contributed by atoms with Crippen LogP contribution in [0.2, 0.25) is 0 Å². The van der Waals surface area contributed by atoms with Crippen LogP contribution in [0.5, 0.6) is 0 Å². The van der Waals surface area contributed by atoms with Gasteiger partial charge in [-0.05, 0) is 6.07 Å². The number of anilines is 1. The number of nitrogens with zero attached hydrogens (tertiary/aromatic N) is 1. The molecule has 0 unspecified atom stereocenters. The molecular formula is C12H10FN3OS. The van der Waals surface area contributed by atoms with Crippen molar-refractivity contribution in [1.82, 2.24) is 10.2 Å². The molecule has 3 rings (SSSR count). The molecule has 0 bridgehead atoms. The molecule has 2 heterocycles. The normalized spacial score (nSPS) is 18.9. The van der Waals surface area contributed by atoms with Gasteiger partial charge in [-0.3, -0.25) is 9.89 Å². The van der Waals surface area contributed by atoms with E-state index in [0.29, 0.717) is 17.1 Å². The lowest BCUT2D eigenvalue weighted by molar-refractivity contribution is -0.113. The summed E-state index contributed by atoms with van der Waals surface area (Å²) in [5.41, 5.74) is 1.37. The zero-order valence-corrected chi connectivity index (χ0v) is 10.1. The van der Waals surface area contributed by atoms with Crippen molar-refractivity contribution in [2.75, 3.05) is 11.1 Å². The molecule has 2 N–H and O–H groups in total. The van der Waals surface area contributed by atoms with E-state index in [1.165, 1.54) is 17.8 Å². The molecule has 0 spiro atoms. The average Bonchev–Trinajstić information content (AvgIpc) is 2.74. The summed E-state index contributed by atoms with van der Waals surface area (Å²) in [6.45, 7) is 0. The van der Waals surface area contributed by atoms with Crippen LogP contribution in [0, 0.1) is 5.82 Å². The Morgan fingerprint density at radius 1 is 1.33 bits per heavy atom. The van der Waals surface area contributed by atoms with E-state index >= 15 is 0 Å². The van der Waals surface area contributed by atoms with E-state index in [1.807, 2.05) is 0 Å². The van der Waals surface area contributed by atoms with Gasteiger partial charge < -0.3 is 5.32 Å². The summed E-state index contributed by atoms with van der Waals surface area (Å²) >= 11 is 1.39. The van der Waals surface area contributed by atoms with Crippen LogP contribution in [0.1, 0.15) is 16.4 Å². The molecule has 0 saturated heterocycles. The van der Waals surface area contributed by atoms with E-state index in [2.05, 4.69) is 15.5 Å². The number of carbonyl (C=O) groups excluding carboxylic acids is 1. The number of halogens is 1. The highest BCUT2D eigenvalue weighted by Gasteiger charge is 2.27. The Bertz CT molecular complexity index is 599. The first-order valence-electron chi connectivity index (χ1n) is 5.45. The van der Waals surface area contributed by atoms with Gasteiger partial charge in [0.05, 0.1) is 17.2 Å². The molecule has 0 aliphatic carbocycles. The molecule has 1 aliphatic rings. The highest BCUT2D eigenvalue weighted by atomic mass is 32.2. The number of aromatic amines is 1.